The Morgan fingerprint density at radius 1 is 1.13 bits per heavy atom. The van der Waals surface area contributed by atoms with Crippen LogP contribution in [0.1, 0.15) is 46.1 Å². The second-order valence-corrected chi connectivity index (χ2v) is 9.03. The van der Waals surface area contributed by atoms with Crippen LogP contribution in [0.2, 0.25) is 0 Å². The molecule has 9 nitrogen and oxygen atoms in total. The fourth-order valence-electron chi connectivity index (χ4n) is 4.33. The van der Waals surface area contributed by atoms with Crippen molar-refractivity contribution in [2.45, 2.75) is 31.6 Å². The largest absolute Gasteiger partial charge is 0.454 e. The highest BCUT2D eigenvalue weighted by molar-refractivity contribution is 7.16. The summed E-state index contributed by atoms with van der Waals surface area (Å²) >= 11 is 1.41. The quantitative estimate of drug-likeness (QED) is 0.745. The summed E-state index contributed by atoms with van der Waals surface area (Å²) < 4.78 is 10.6. The van der Waals surface area contributed by atoms with Crippen LogP contribution in [-0.4, -0.2) is 47.5 Å². The molecule has 3 aliphatic rings. The molecule has 1 fully saturated rings. The van der Waals surface area contributed by atoms with Gasteiger partial charge in [-0.1, -0.05) is 0 Å². The van der Waals surface area contributed by atoms with E-state index in [1.807, 2.05) is 4.90 Å². The molecule has 2 aliphatic heterocycles. The van der Waals surface area contributed by atoms with Crippen molar-refractivity contribution in [2.75, 3.05) is 25.2 Å². The molecule has 0 saturated carbocycles. The van der Waals surface area contributed by atoms with Crippen LogP contribution >= 0.6 is 11.3 Å². The third kappa shape index (κ3) is 3.71. The van der Waals surface area contributed by atoms with Gasteiger partial charge in [0.05, 0.1) is 11.6 Å². The number of aryl methyl sites for hydroxylation is 1. The van der Waals surface area contributed by atoms with Gasteiger partial charge < -0.3 is 20.1 Å². The van der Waals surface area contributed by atoms with Gasteiger partial charge in [-0.2, -0.15) is 0 Å². The summed E-state index contributed by atoms with van der Waals surface area (Å²) in [4.78, 5) is 44.5. The first-order valence-corrected chi connectivity index (χ1v) is 11.1. The molecule has 0 spiro atoms. The Bertz CT molecular complexity index is 1060. The number of thiazole rings is 1. The molecule has 1 saturated heterocycles. The van der Waals surface area contributed by atoms with E-state index < -0.39 is 0 Å². The zero-order valence-electron chi connectivity index (χ0n) is 16.8. The summed E-state index contributed by atoms with van der Waals surface area (Å²) in [6, 6.07) is 5.02. The maximum Gasteiger partial charge on any atom is 0.257 e. The average Bonchev–Trinajstić information content (AvgIpc) is 3.48. The van der Waals surface area contributed by atoms with E-state index in [4.69, 9.17) is 15.2 Å². The van der Waals surface area contributed by atoms with E-state index in [9.17, 15) is 14.4 Å². The summed E-state index contributed by atoms with van der Waals surface area (Å²) in [6.07, 6.45) is 2.70. The molecule has 31 heavy (non-hydrogen) atoms. The number of aromatic nitrogens is 1. The van der Waals surface area contributed by atoms with E-state index in [1.54, 1.807) is 18.2 Å². The highest BCUT2D eigenvalue weighted by Crippen LogP contribution is 2.40. The van der Waals surface area contributed by atoms with Crippen LogP contribution in [0.3, 0.4) is 0 Å². The van der Waals surface area contributed by atoms with E-state index in [2.05, 4.69) is 10.3 Å². The number of benzene rings is 1. The van der Waals surface area contributed by atoms with Crippen molar-refractivity contribution >= 4 is 34.2 Å². The van der Waals surface area contributed by atoms with Crippen LogP contribution in [0.15, 0.2) is 18.2 Å². The van der Waals surface area contributed by atoms with Crippen molar-refractivity contribution < 1.29 is 23.9 Å². The minimum atomic E-state index is -0.299. The van der Waals surface area contributed by atoms with Gasteiger partial charge in [-0.25, -0.2) is 4.98 Å². The first-order valence-electron chi connectivity index (χ1n) is 10.3. The third-order valence-corrected chi connectivity index (χ3v) is 7.13. The lowest BCUT2D eigenvalue weighted by Gasteiger charge is -2.32. The van der Waals surface area contributed by atoms with Gasteiger partial charge in [0.2, 0.25) is 18.6 Å². The van der Waals surface area contributed by atoms with Gasteiger partial charge in [-0.15, -0.1) is 11.3 Å². The Kier molecular flexibility index (Phi) is 5.01. The van der Waals surface area contributed by atoms with Crippen LogP contribution < -0.4 is 20.5 Å². The summed E-state index contributed by atoms with van der Waals surface area (Å²) in [5.74, 6) is 0.166. The van der Waals surface area contributed by atoms with Gasteiger partial charge in [-0.05, 0) is 43.9 Å². The predicted molar refractivity (Wildman–Crippen MR) is 112 cm³/mol. The Hall–Kier alpha value is -3.14. The van der Waals surface area contributed by atoms with Gasteiger partial charge in [-0.3, -0.25) is 19.7 Å². The smallest absolute Gasteiger partial charge is 0.257 e. The number of amides is 3. The van der Waals surface area contributed by atoms with Gasteiger partial charge >= 0.3 is 0 Å². The number of hydrogen-bond acceptors (Lipinski definition) is 7. The average molecular weight is 442 g/mol. The second kappa shape index (κ2) is 7.84. The fourth-order valence-corrected chi connectivity index (χ4v) is 5.37. The lowest BCUT2D eigenvalue weighted by atomic mass is 9.95. The molecule has 0 radical (unpaired) electrons. The maximum absolute atomic E-state index is 13.1. The summed E-state index contributed by atoms with van der Waals surface area (Å²) in [7, 11) is 0. The number of rotatable bonds is 4. The number of nitrogens with two attached hydrogens (primary N) is 1. The molecule has 1 atom stereocenters. The van der Waals surface area contributed by atoms with E-state index >= 15 is 0 Å². The van der Waals surface area contributed by atoms with Gasteiger partial charge in [0.1, 0.15) is 0 Å². The van der Waals surface area contributed by atoms with Crippen LogP contribution in [0, 0.1) is 5.92 Å². The van der Waals surface area contributed by atoms with Crippen molar-refractivity contribution in [3.8, 4) is 11.5 Å². The minimum Gasteiger partial charge on any atom is -0.454 e. The zero-order valence-corrected chi connectivity index (χ0v) is 17.6. The molecule has 1 aliphatic carbocycles. The molecule has 1 unspecified atom stereocenters. The fraction of sp³-hybridized carbons (Fsp3) is 0.429. The minimum absolute atomic E-state index is 0.0422. The number of anilines is 1. The SMILES string of the molecule is NC(=O)C1CCN(C(=O)C2CCc3sc(NC(=O)c4ccc5c(c4)OCO5)nc32)CC1. The molecule has 0 bridgehead atoms. The highest BCUT2D eigenvalue weighted by Gasteiger charge is 2.37. The maximum atomic E-state index is 13.1. The molecule has 3 N–H and O–H groups in total. The normalized spacial score (nSPS) is 19.9. The molecule has 162 valence electrons. The number of ether oxygens (including phenoxy) is 2. The van der Waals surface area contributed by atoms with Crippen molar-refractivity contribution in [3.05, 3.63) is 34.3 Å². The second-order valence-electron chi connectivity index (χ2n) is 7.94. The molecular formula is C21H22N4O5S. The lowest BCUT2D eigenvalue weighted by Crippen LogP contribution is -2.43. The van der Waals surface area contributed by atoms with Crippen molar-refractivity contribution in [1.29, 1.82) is 0 Å². The Morgan fingerprint density at radius 2 is 1.90 bits per heavy atom. The number of hydrogen-bond donors (Lipinski definition) is 2. The van der Waals surface area contributed by atoms with E-state index in [-0.39, 0.29) is 36.4 Å². The number of carbonyl (C=O) groups excluding carboxylic acids is 3. The van der Waals surface area contributed by atoms with Crippen LogP contribution in [0.25, 0.3) is 0 Å². The predicted octanol–water partition coefficient (Wildman–Crippen LogP) is 1.88. The number of nitrogens with zero attached hydrogens (tertiary/aromatic N) is 2. The Balaban J connectivity index is 1.26. The molecule has 10 heteroatoms. The lowest BCUT2D eigenvalue weighted by molar-refractivity contribution is -0.136. The van der Waals surface area contributed by atoms with Crippen molar-refractivity contribution in [1.82, 2.24) is 9.88 Å². The number of primary amides is 1. The molecule has 3 heterocycles. The van der Waals surface area contributed by atoms with E-state index in [0.29, 0.717) is 48.1 Å². The topological polar surface area (TPSA) is 124 Å². The first kappa shape index (κ1) is 19.8. The number of piperidine rings is 1. The Morgan fingerprint density at radius 3 is 2.68 bits per heavy atom. The van der Waals surface area contributed by atoms with E-state index in [1.165, 1.54) is 11.3 Å². The monoisotopic (exact) mass is 442 g/mol. The Labute approximate surface area is 182 Å². The van der Waals surface area contributed by atoms with E-state index in [0.717, 1.165) is 23.4 Å². The molecule has 3 amide bonds. The van der Waals surface area contributed by atoms with Gasteiger partial charge in [0.25, 0.3) is 5.91 Å². The van der Waals surface area contributed by atoms with Crippen LogP contribution in [0.5, 0.6) is 11.5 Å². The van der Waals surface area contributed by atoms with Crippen LogP contribution in [0.4, 0.5) is 5.13 Å². The summed E-state index contributed by atoms with van der Waals surface area (Å²) in [5.41, 5.74) is 6.59. The highest BCUT2D eigenvalue weighted by atomic mass is 32.1. The van der Waals surface area contributed by atoms with Crippen molar-refractivity contribution in [3.63, 3.8) is 0 Å². The number of likely N-dealkylation sites (tertiary alicyclic amines) is 1. The zero-order chi connectivity index (χ0) is 21.5. The number of nitrogens with one attached hydrogen (secondary N) is 1. The number of carbonyl (C=O) groups is 3. The number of fused-ring (bicyclic) bond motifs is 2. The van der Waals surface area contributed by atoms with Gasteiger partial charge in [0.15, 0.2) is 16.6 Å². The molecular weight excluding hydrogens is 420 g/mol. The standard InChI is InChI=1S/C21H22N4O5S/c22-18(26)11-5-7-25(8-6-11)20(28)13-2-4-16-17(13)23-21(31-16)24-19(27)12-1-3-14-15(9-12)30-10-29-14/h1,3,9,11,13H,2,4-8,10H2,(H2,22,26)(H,23,24,27). The summed E-state index contributed by atoms with van der Waals surface area (Å²) in [6.45, 7) is 1.22. The molecule has 1 aromatic carbocycles. The van der Waals surface area contributed by atoms with Crippen molar-refractivity contribution in [2.24, 2.45) is 11.7 Å². The van der Waals surface area contributed by atoms with Gasteiger partial charge in [0, 0.05) is 29.4 Å². The molecule has 2 aromatic rings. The third-order valence-electron chi connectivity index (χ3n) is 6.08. The first-order chi connectivity index (χ1) is 15.0. The van der Waals surface area contributed by atoms with Crippen LogP contribution in [-0.2, 0) is 16.0 Å². The molecule has 1 aromatic heterocycles. The summed E-state index contributed by atoms with van der Waals surface area (Å²) in [5, 5.41) is 3.32. The molecule has 5 rings (SSSR count).